The lowest BCUT2D eigenvalue weighted by atomic mass is 10.1. The quantitative estimate of drug-likeness (QED) is 0.895. The van der Waals surface area contributed by atoms with E-state index in [2.05, 4.69) is 15.6 Å². The maximum Gasteiger partial charge on any atom is 0.433 e. The zero-order valence-electron chi connectivity index (χ0n) is 10.8. The van der Waals surface area contributed by atoms with Gasteiger partial charge in [0.25, 0.3) is 0 Å². The molecule has 0 saturated carbocycles. The van der Waals surface area contributed by atoms with E-state index in [4.69, 9.17) is 5.26 Å². The van der Waals surface area contributed by atoms with Gasteiger partial charge in [0, 0.05) is 12.6 Å². The second-order valence-corrected chi connectivity index (χ2v) is 4.73. The number of rotatable bonds is 3. The average Bonchev–Trinajstić information content (AvgIpc) is 2.45. The Hall–Kier alpha value is -1.81. The second-order valence-electron chi connectivity index (χ2n) is 4.73. The SMILES string of the molecule is N#Cc1ccc(C(F)(F)F)nc1NCC1CCCCN1. The van der Waals surface area contributed by atoms with Crippen molar-refractivity contribution in [1.82, 2.24) is 10.3 Å². The number of aromatic nitrogens is 1. The van der Waals surface area contributed by atoms with Crippen LogP contribution < -0.4 is 10.6 Å². The smallest absolute Gasteiger partial charge is 0.367 e. The fourth-order valence-corrected chi connectivity index (χ4v) is 2.16. The van der Waals surface area contributed by atoms with Crippen molar-refractivity contribution in [3.63, 3.8) is 0 Å². The predicted octanol–water partition coefficient (Wildman–Crippen LogP) is 2.53. The Morgan fingerprint density at radius 2 is 2.20 bits per heavy atom. The molecule has 0 aliphatic carbocycles. The first-order valence-electron chi connectivity index (χ1n) is 6.46. The molecule has 7 heteroatoms. The number of nitriles is 1. The lowest BCUT2D eigenvalue weighted by Gasteiger charge is -2.24. The van der Waals surface area contributed by atoms with E-state index in [0.717, 1.165) is 37.9 Å². The predicted molar refractivity (Wildman–Crippen MR) is 68.1 cm³/mol. The molecule has 1 aromatic heterocycles. The van der Waals surface area contributed by atoms with E-state index in [1.807, 2.05) is 6.07 Å². The number of nitrogens with zero attached hydrogens (tertiary/aromatic N) is 2. The average molecular weight is 284 g/mol. The van der Waals surface area contributed by atoms with Crippen LogP contribution in [0.5, 0.6) is 0 Å². The van der Waals surface area contributed by atoms with E-state index in [-0.39, 0.29) is 17.4 Å². The van der Waals surface area contributed by atoms with Crippen LogP contribution in [0, 0.1) is 11.3 Å². The number of piperidine rings is 1. The Morgan fingerprint density at radius 3 is 2.80 bits per heavy atom. The third-order valence-electron chi connectivity index (χ3n) is 3.23. The van der Waals surface area contributed by atoms with E-state index in [0.29, 0.717) is 6.54 Å². The highest BCUT2D eigenvalue weighted by molar-refractivity contribution is 5.52. The zero-order chi connectivity index (χ0) is 14.6. The molecule has 1 unspecified atom stereocenters. The molecule has 0 amide bonds. The standard InChI is InChI=1S/C13H15F3N4/c14-13(15,16)11-5-4-9(7-17)12(20-11)19-8-10-3-1-2-6-18-10/h4-5,10,18H,1-3,6,8H2,(H,19,20). The highest BCUT2D eigenvalue weighted by Crippen LogP contribution is 2.29. The van der Waals surface area contributed by atoms with Crippen LogP contribution in [0.2, 0.25) is 0 Å². The Bertz CT molecular complexity index is 501. The summed E-state index contributed by atoms with van der Waals surface area (Å²) in [5.74, 6) is -0.00491. The summed E-state index contributed by atoms with van der Waals surface area (Å²) in [6.07, 6.45) is -1.33. The molecule has 1 atom stereocenters. The normalized spacial score (nSPS) is 19.4. The van der Waals surface area contributed by atoms with Crippen molar-refractivity contribution in [3.05, 3.63) is 23.4 Å². The molecule has 1 aliphatic rings. The maximum atomic E-state index is 12.6. The van der Waals surface area contributed by atoms with E-state index >= 15 is 0 Å². The summed E-state index contributed by atoms with van der Waals surface area (Å²) in [7, 11) is 0. The summed E-state index contributed by atoms with van der Waals surface area (Å²) in [4.78, 5) is 3.51. The monoisotopic (exact) mass is 284 g/mol. The molecular formula is C13H15F3N4. The lowest BCUT2D eigenvalue weighted by molar-refractivity contribution is -0.141. The zero-order valence-corrected chi connectivity index (χ0v) is 10.8. The number of nitrogens with one attached hydrogen (secondary N) is 2. The van der Waals surface area contributed by atoms with Crippen LogP contribution in [-0.2, 0) is 6.18 Å². The fraction of sp³-hybridized carbons (Fsp3) is 0.538. The minimum atomic E-state index is -4.51. The molecule has 1 aromatic rings. The highest BCUT2D eigenvalue weighted by Gasteiger charge is 2.33. The first-order chi connectivity index (χ1) is 9.50. The van der Waals surface area contributed by atoms with Gasteiger partial charge in [-0.3, -0.25) is 0 Å². The van der Waals surface area contributed by atoms with Crippen LogP contribution in [0.15, 0.2) is 12.1 Å². The number of pyridine rings is 1. The van der Waals surface area contributed by atoms with Gasteiger partial charge < -0.3 is 10.6 Å². The first-order valence-corrected chi connectivity index (χ1v) is 6.46. The highest BCUT2D eigenvalue weighted by atomic mass is 19.4. The lowest BCUT2D eigenvalue weighted by Crippen LogP contribution is -2.39. The van der Waals surface area contributed by atoms with Crippen LogP contribution in [0.25, 0.3) is 0 Å². The van der Waals surface area contributed by atoms with Crippen molar-refractivity contribution < 1.29 is 13.2 Å². The largest absolute Gasteiger partial charge is 0.433 e. The van der Waals surface area contributed by atoms with Crippen molar-refractivity contribution in [2.45, 2.75) is 31.5 Å². The molecule has 0 spiro atoms. The molecule has 4 nitrogen and oxygen atoms in total. The second kappa shape index (κ2) is 6.09. The molecular weight excluding hydrogens is 269 g/mol. The van der Waals surface area contributed by atoms with Gasteiger partial charge in [0.15, 0.2) is 0 Å². The minimum absolute atomic E-state index is 0.00491. The van der Waals surface area contributed by atoms with Crippen molar-refractivity contribution in [1.29, 1.82) is 5.26 Å². The third-order valence-corrected chi connectivity index (χ3v) is 3.23. The molecule has 0 aromatic carbocycles. The molecule has 2 heterocycles. The molecule has 0 radical (unpaired) electrons. The number of anilines is 1. The van der Waals surface area contributed by atoms with Crippen molar-refractivity contribution in [3.8, 4) is 6.07 Å². The van der Waals surface area contributed by atoms with Crippen molar-refractivity contribution in [2.75, 3.05) is 18.4 Å². The van der Waals surface area contributed by atoms with Crippen LogP contribution in [0.1, 0.15) is 30.5 Å². The van der Waals surface area contributed by atoms with E-state index < -0.39 is 11.9 Å². The molecule has 108 valence electrons. The van der Waals surface area contributed by atoms with Crippen LogP contribution in [-0.4, -0.2) is 24.1 Å². The van der Waals surface area contributed by atoms with Gasteiger partial charge in [-0.25, -0.2) is 4.98 Å². The number of hydrogen-bond donors (Lipinski definition) is 2. The maximum absolute atomic E-state index is 12.6. The summed E-state index contributed by atoms with van der Waals surface area (Å²) in [5, 5.41) is 15.0. The molecule has 1 aliphatic heterocycles. The number of hydrogen-bond acceptors (Lipinski definition) is 4. The van der Waals surface area contributed by atoms with E-state index in [1.165, 1.54) is 0 Å². The summed E-state index contributed by atoms with van der Waals surface area (Å²) in [5.41, 5.74) is -0.871. The van der Waals surface area contributed by atoms with Gasteiger partial charge in [-0.05, 0) is 31.5 Å². The Labute approximate surface area is 115 Å². The first kappa shape index (κ1) is 14.6. The molecule has 20 heavy (non-hydrogen) atoms. The van der Waals surface area contributed by atoms with E-state index in [1.54, 1.807) is 0 Å². The van der Waals surface area contributed by atoms with Gasteiger partial charge >= 0.3 is 6.18 Å². The van der Waals surface area contributed by atoms with Crippen molar-refractivity contribution in [2.24, 2.45) is 0 Å². The number of alkyl halides is 3. The summed E-state index contributed by atoms with van der Waals surface area (Å²) in [6.45, 7) is 1.37. The van der Waals surface area contributed by atoms with Gasteiger partial charge in [0.2, 0.25) is 0 Å². The Balaban J connectivity index is 2.10. The summed E-state index contributed by atoms with van der Waals surface area (Å²) >= 11 is 0. The fourth-order valence-electron chi connectivity index (χ4n) is 2.16. The van der Waals surface area contributed by atoms with Gasteiger partial charge in [0.05, 0.1) is 5.56 Å². The molecule has 2 N–H and O–H groups in total. The third kappa shape index (κ3) is 3.61. The Morgan fingerprint density at radius 1 is 1.40 bits per heavy atom. The van der Waals surface area contributed by atoms with E-state index in [9.17, 15) is 13.2 Å². The minimum Gasteiger partial charge on any atom is -0.367 e. The van der Waals surface area contributed by atoms with Crippen LogP contribution >= 0.6 is 0 Å². The van der Waals surface area contributed by atoms with Gasteiger partial charge in [-0.15, -0.1) is 0 Å². The Kier molecular flexibility index (Phi) is 4.45. The van der Waals surface area contributed by atoms with Crippen molar-refractivity contribution >= 4 is 5.82 Å². The van der Waals surface area contributed by atoms with Gasteiger partial charge in [0.1, 0.15) is 17.6 Å². The number of halogens is 3. The van der Waals surface area contributed by atoms with Crippen LogP contribution in [0.3, 0.4) is 0 Å². The molecule has 2 rings (SSSR count). The molecule has 0 bridgehead atoms. The molecule has 1 saturated heterocycles. The summed E-state index contributed by atoms with van der Waals surface area (Å²) in [6, 6.07) is 4.02. The molecule has 1 fully saturated rings. The van der Waals surface area contributed by atoms with Crippen LogP contribution in [0.4, 0.5) is 19.0 Å². The van der Waals surface area contributed by atoms with Gasteiger partial charge in [-0.1, -0.05) is 6.42 Å². The summed E-state index contributed by atoms with van der Waals surface area (Å²) < 4.78 is 37.8. The van der Waals surface area contributed by atoms with Gasteiger partial charge in [-0.2, -0.15) is 18.4 Å². The topological polar surface area (TPSA) is 60.7 Å².